The van der Waals surface area contributed by atoms with Crippen molar-refractivity contribution >= 4 is 0 Å². The molecule has 2 fully saturated rings. The van der Waals surface area contributed by atoms with Gasteiger partial charge in [-0.25, -0.2) is 0 Å². The first kappa shape index (κ1) is 16.1. The minimum absolute atomic E-state index is 0.816. The second kappa shape index (κ2) is 8.25. The highest BCUT2D eigenvalue weighted by Crippen LogP contribution is 2.57. The molecule has 2 saturated carbocycles. The van der Waals surface area contributed by atoms with Gasteiger partial charge in [-0.2, -0.15) is 0 Å². The number of unbranched alkanes of at least 4 members (excludes halogenated alkanes) is 6. The van der Waals surface area contributed by atoms with Gasteiger partial charge in [0.2, 0.25) is 0 Å². The van der Waals surface area contributed by atoms with Gasteiger partial charge in [0.15, 0.2) is 0 Å². The van der Waals surface area contributed by atoms with Crippen molar-refractivity contribution in [3.8, 4) is 0 Å². The Kier molecular flexibility index (Phi) is 6.65. The van der Waals surface area contributed by atoms with Crippen molar-refractivity contribution in [3.63, 3.8) is 0 Å². The Balaban J connectivity index is 1.63. The van der Waals surface area contributed by atoms with Gasteiger partial charge in [-0.1, -0.05) is 71.3 Å². The van der Waals surface area contributed by atoms with Gasteiger partial charge < -0.3 is 0 Å². The van der Waals surface area contributed by atoms with E-state index in [9.17, 15) is 0 Å². The van der Waals surface area contributed by atoms with Crippen LogP contribution in [0.15, 0.2) is 12.7 Å². The molecular formula is C20H36. The quantitative estimate of drug-likeness (QED) is 0.311. The molecule has 0 bridgehead atoms. The van der Waals surface area contributed by atoms with Crippen LogP contribution in [0.4, 0.5) is 0 Å². The normalized spacial score (nSPS) is 33.5. The van der Waals surface area contributed by atoms with E-state index >= 15 is 0 Å². The molecule has 0 aromatic carbocycles. The molecule has 0 amide bonds. The van der Waals surface area contributed by atoms with Crippen molar-refractivity contribution in [2.45, 2.75) is 84.5 Å². The van der Waals surface area contributed by atoms with Crippen LogP contribution in [0.2, 0.25) is 0 Å². The highest BCUT2D eigenvalue weighted by Gasteiger charge is 2.49. The molecule has 0 radical (unpaired) electrons. The van der Waals surface area contributed by atoms with Crippen molar-refractivity contribution in [1.82, 2.24) is 0 Å². The Morgan fingerprint density at radius 2 is 1.75 bits per heavy atom. The number of rotatable bonds is 10. The van der Waals surface area contributed by atoms with E-state index in [1.165, 1.54) is 70.6 Å². The lowest BCUT2D eigenvalue weighted by atomic mass is 9.71. The van der Waals surface area contributed by atoms with Crippen molar-refractivity contribution in [1.29, 1.82) is 0 Å². The fourth-order valence-corrected chi connectivity index (χ4v) is 4.71. The summed E-state index contributed by atoms with van der Waals surface area (Å²) >= 11 is 0. The van der Waals surface area contributed by atoms with E-state index in [1.807, 2.05) is 0 Å². The van der Waals surface area contributed by atoms with Gasteiger partial charge in [-0.15, -0.1) is 6.58 Å². The topological polar surface area (TPSA) is 0 Å². The second-order valence-corrected chi connectivity index (χ2v) is 7.60. The van der Waals surface area contributed by atoms with Gasteiger partial charge in [0.25, 0.3) is 0 Å². The van der Waals surface area contributed by atoms with Gasteiger partial charge in [0.05, 0.1) is 0 Å². The van der Waals surface area contributed by atoms with E-state index in [0.29, 0.717) is 0 Å². The summed E-state index contributed by atoms with van der Waals surface area (Å²) in [5, 5.41) is 0. The third kappa shape index (κ3) is 4.37. The summed E-state index contributed by atoms with van der Waals surface area (Å²) in [6, 6.07) is 0. The first-order chi connectivity index (χ1) is 9.77. The van der Waals surface area contributed by atoms with Crippen LogP contribution in [0.3, 0.4) is 0 Å². The third-order valence-electron chi connectivity index (χ3n) is 6.06. The summed E-state index contributed by atoms with van der Waals surface area (Å²) in [4.78, 5) is 0. The van der Waals surface area contributed by atoms with Gasteiger partial charge in [-0.05, 0) is 48.9 Å². The average Bonchev–Trinajstić information content (AvgIpc) is 3.22. The van der Waals surface area contributed by atoms with Crippen LogP contribution in [0.1, 0.15) is 84.5 Å². The molecule has 0 aliphatic heterocycles. The van der Waals surface area contributed by atoms with E-state index in [-0.39, 0.29) is 0 Å². The summed E-state index contributed by atoms with van der Waals surface area (Å²) in [5.74, 6) is 4.92. The average molecular weight is 277 g/mol. The minimum Gasteiger partial charge on any atom is -0.103 e. The van der Waals surface area contributed by atoms with Crippen LogP contribution >= 0.6 is 0 Å². The van der Waals surface area contributed by atoms with E-state index < -0.39 is 0 Å². The van der Waals surface area contributed by atoms with Crippen molar-refractivity contribution in [2.24, 2.45) is 29.6 Å². The molecule has 0 spiro atoms. The first-order valence-corrected chi connectivity index (χ1v) is 9.40. The zero-order chi connectivity index (χ0) is 14.4. The van der Waals surface area contributed by atoms with Crippen LogP contribution in [-0.2, 0) is 0 Å². The molecule has 0 aromatic heterocycles. The first-order valence-electron chi connectivity index (χ1n) is 9.40. The molecule has 20 heavy (non-hydrogen) atoms. The Morgan fingerprint density at radius 1 is 1.05 bits per heavy atom. The molecule has 0 aromatic rings. The Labute approximate surface area is 127 Å². The SMILES string of the molecule is C=CC(CCCCCCCCC)C1C(C)CCC2CC21. The summed E-state index contributed by atoms with van der Waals surface area (Å²) in [6.07, 6.45) is 18.3. The number of hydrogen-bond donors (Lipinski definition) is 0. The van der Waals surface area contributed by atoms with Crippen LogP contribution < -0.4 is 0 Å². The summed E-state index contributed by atoms with van der Waals surface area (Å²) in [6.45, 7) is 8.96. The third-order valence-corrected chi connectivity index (χ3v) is 6.06. The standard InChI is InChI=1S/C20H36/c1-4-6-7-8-9-10-11-12-17(5-2)20-16(3)13-14-18-15-19(18)20/h5,16-20H,2,4,6-15H2,1,3H3. The fourth-order valence-electron chi connectivity index (χ4n) is 4.71. The zero-order valence-corrected chi connectivity index (χ0v) is 13.9. The maximum atomic E-state index is 4.16. The van der Waals surface area contributed by atoms with Gasteiger partial charge >= 0.3 is 0 Å². The number of allylic oxidation sites excluding steroid dienone is 1. The lowest BCUT2D eigenvalue weighted by Gasteiger charge is -2.34. The largest absolute Gasteiger partial charge is 0.103 e. The molecule has 0 N–H and O–H groups in total. The van der Waals surface area contributed by atoms with E-state index in [4.69, 9.17) is 0 Å². The highest BCUT2D eigenvalue weighted by atomic mass is 14.5. The van der Waals surface area contributed by atoms with Gasteiger partial charge in [0.1, 0.15) is 0 Å². The Morgan fingerprint density at radius 3 is 2.45 bits per heavy atom. The van der Waals surface area contributed by atoms with E-state index in [1.54, 1.807) is 0 Å². The molecule has 0 saturated heterocycles. The maximum Gasteiger partial charge on any atom is -0.0203 e. The predicted molar refractivity (Wildman–Crippen MR) is 89.8 cm³/mol. The fraction of sp³-hybridized carbons (Fsp3) is 0.900. The second-order valence-electron chi connectivity index (χ2n) is 7.60. The van der Waals surface area contributed by atoms with E-state index in [0.717, 1.165) is 29.6 Å². The molecule has 0 nitrogen and oxygen atoms in total. The molecular weight excluding hydrogens is 240 g/mol. The van der Waals surface area contributed by atoms with Crippen molar-refractivity contribution in [2.75, 3.05) is 0 Å². The molecule has 2 aliphatic rings. The Bertz CT molecular complexity index is 278. The number of fused-ring (bicyclic) bond motifs is 1. The van der Waals surface area contributed by atoms with Crippen LogP contribution in [0.25, 0.3) is 0 Å². The van der Waals surface area contributed by atoms with Crippen LogP contribution in [0.5, 0.6) is 0 Å². The Hall–Kier alpha value is -0.260. The monoisotopic (exact) mass is 276 g/mol. The number of hydrogen-bond acceptors (Lipinski definition) is 0. The minimum atomic E-state index is 0.816. The van der Waals surface area contributed by atoms with Gasteiger partial charge in [-0.3, -0.25) is 0 Å². The lowest BCUT2D eigenvalue weighted by molar-refractivity contribution is 0.176. The molecule has 116 valence electrons. The van der Waals surface area contributed by atoms with Gasteiger partial charge in [0, 0.05) is 0 Å². The summed E-state index contributed by atoms with van der Waals surface area (Å²) in [5.41, 5.74) is 0. The maximum absolute atomic E-state index is 4.16. The molecule has 5 atom stereocenters. The molecule has 5 unspecified atom stereocenters. The molecule has 0 heterocycles. The lowest BCUT2D eigenvalue weighted by Crippen LogP contribution is -2.26. The van der Waals surface area contributed by atoms with Crippen LogP contribution in [-0.4, -0.2) is 0 Å². The van der Waals surface area contributed by atoms with E-state index in [2.05, 4.69) is 26.5 Å². The smallest absolute Gasteiger partial charge is 0.0203 e. The van der Waals surface area contributed by atoms with Crippen molar-refractivity contribution in [3.05, 3.63) is 12.7 Å². The highest BCUT2D eigenvalue weighted by molar-refractivity contribution is 5.02. The summed E-state index contributed by atoms with van der Waals surface area (Å²) < 4.78 is 0. The van der Waals surface area contributed by atoms with Crippen molar-refractivity contribution < 1.29 is 0 Å². The summed E-state index contributed by atoms with van der Waals surface area (Å²) in [7, 11) is 0. The molecule has 2 aliphatic carbocycles. The predicted octanol–water partition coefficient (Wildman–Crippen LogP) is 6.61. The molecule has 2 rings (SSSR count). The zero-order valence-electron chi connectivity index (χ0n) is 13.9. The molecule has 0 heteroatoms. The van der Waals surface area contributed by atoms with Crippen LogP contribution in [0, 0.1) is 29.6 Å².